The van der Waals surface area contributed by atoms with Crippen LogP contribution in [-0.2, 0) is 6.54 Å². The SMILES string of the molecule is CNCc1ccc(-c2cccc(C)c2C)c(F)c1. The van der Waals surface area contributed by atoms with Crippen LogP contribution in [0.1, 0.15) is 16.7 Å². The van der Waals surface area contributed by atoms with Gasteiger partial charge in [0.1, 0.15) is 5.82 Å². The topological polar surface area (TPSA) is 12.0 Å². The molecule has 0 heterocycles. The fraction of sp³-hybridized carbons (Fsp3) is 0.250. The molecule has 0 atom stereocenters. The van der Waals surface area contributed by atoms with Gasteiger partial charge in [-0.05, 0) is 49.2 Å². The zero-order valence-electron chi connectivity index (χ0n) is 11.0. The van der Waals surface area contributed by atoms with Gasteiger partial charge in [0.2, 0.25) is 0 Å². The predicted octanol–water partition coefficient (Wildman–Crippen LogP) is 3.83. The van der Waals surface area contributed by atoms with Crippen molar-refractivity contribution in [3.8, 4) is 11.1 Å². The van der Waals surface area contributed by atoms with Crippen LogP contribution in [0.2, 0.25) is 0 Å². The Hall–Kier alpha value is -1.67. The van der Waals surface area contributed by atoms with Crippen LogP contribution in [0.3, 0.4) is 0 Å². The molecule has 94 valence electrons. The van der Waals surface area contributed by atoms with Gasteiger partial charge in [-0.1, -0.05) is 30.3 Å². The molecule has 1 N–H and O–H groups in total. The van der Waals surface area contributed by atoms with Crippen LogP contribution in [0.15, 0.2) is 36.4 Å². The number of hydrogen-bond donors (Lipinski definition) is 1. The van der Waals surface area contributed by atoms with Gasteiger partial charge >= 0.3 is 0 Å². The summed E-state index contributed by atoms with van der Waals surface area (Å²) in [5.41, 5.74) is 4.94. The first-order chi connectivity index (χ1) is 8.63. The highest BCUT2D eigenvalue weighted by Gasteiger charge is 2.09. The smallest absolute Gasteiger partial charge is 0.131 e. The largest absolute Gasteiger partial charge is 0.316 e. The first kappa shape index (κ1) is 12.8. The van der Waals surface area contributed by atoms with Crippen molar-refractivity contribution in [3.05, 3.63) is 58.9 Å². The molecule has 0 aliphatic heterocycles. The van der Waals surface area contributed by atoms with Crippen molar-refractivity contribution >= 4 is 0 Å². The van der Waals surface area contributed by atoms with Gasteiger partial charge in [0.25, 0.3) is 0 Å². The van der Waals surface area contributed by atoms with E-state index in [0.717, 1.165) is 16.7 Å². The van der Waals surface area contributed by atoms with Crippen molar-refractivity contribution in [2.24, 2.45) is 0 Å². The summed E-state index contributed by atoms with van der Waals surface area (Å²) >= 11 is 0. The Labute approximate surface area is 108 Å². The molecule has 18 heavy (non-hydrogen) atoms. The van der Waals surface area contributed by atoms with Gasteiger partial charge in [0, 0.05) is 12.1 Å². The van der Waals surface area contributed by atoms with Crippen LogP contribution >= 0.6 is 0 Å². The van der Waals surface area contributed by atoms with Gasteiger partial charge in [-0.15, -0.1) is 0 Å². The molecule has 0 amide bonds. The van der Waals surface area contributed by atoms with E-state index in [1.165, 1.54) is 5.56 Å². The molecule has 0 saturated heterocycles. The van der Waals surface area contributed by atoms with Crippen molar-refractivity contribution in [2.75, 3.05) is 7.05 Å². The van der Waals surface area contributed by atoms with Crippen LogP contribution in [0, 0.1) is 19.7 Å². The second-order valence-electron chi connectivity index (χ2n) is 4.59. The van der Waals surface area contributed by atoms with E-state index in [1.807, 2.05) is 51.2 Å². The lowest BCUT2D eigenvalue weighted by Gasteiger charge is -2.11. The quantitative estimate of drug-likeness (QED) is 0.864. The Balaban J connectivity index is 2.48. The summed E-state index contributed by atoms with van der Waals surface area (Å²) in [6.45, 7) is 4.77. The van der Waals surface area contributed by atoms with Crippen molar-refractivity contribution < 1.29 is 4.39 Å². The number of halogens is 1. The van der Waals surface area contributed by atoms with Gasteiger partial charge in [0.05, 0.1) is 0 Å². The monoisotopic (exact) mass is 243 g/mol. The molecule has 0 aromatic heterocycles. The summed E-state index contributed by atoms with van der Waals surface area (Å²) in [4.78, 5) is 0. The third kappa shape index (κ3) is 2.44. The highest BCUT2D eigenvalue weighted by atomic mass is 19.1. The van der Waals surface area contributed by atoms with Crippen LogP contribution in [0.25, 0.3) is 11.1 Å². The van der Waals surface area contributed by atoms with Gasteiger partial charge in [0.15, 0.2) is 0 Å². The average molecular weight is 243 g/mol. The molecule has 2 rings (SSSR count). The maximum atomic E-state index is 14.1. The molecule has 0 unspecified atom stereocenters. The molecule has 2 aromatic carbocycles. The molecule has 0 bridgehead atoms. The molecule has 0 radical (unpaired) electrons. The number of rotatable bonds is 3. The highest BCUT2D eigenvalue weighted by Crippen LogP contribution is 2.28. The van der Waals surface area contributed by atoms with E-state index in [1.54, 1.807) is 6.07 Å². The van der Waals surface area contributed by atoms with E-state index in [9.17, 15) is 4.39 Å². The van der Waals surface area contributed by atoms with Gasteiger partial charge < -0.3 is 5.32 Å². The molecule has 2 heteroatoms. The Kier molecular flexibility index (Phi) is 3.78. The lowest BCUT2D eigenvalue weighted by Crippen LogP contribution is -2.05. The standard InChI is InChI=1S/C16H18FN/c1-11-5-4-6-14(12(11)2)15-8-7-13(10-18-3)9-16(15)17/h4-9,18H,10H2,1-3H3. The minimum Gasteiger partial charge on any atom is -0.316 e. The third-order valence-corrected chi connectivity index (χ3v) is 3.31. The third-order valence-electron chi connectivity index (χ3n) is 3.31. The normalized spacial score (nSPS) is 10.7. The van der Waals surface area contributed by atoms with Crippen LogP contribution in [-0.4, -0.2) is 7.05 Å². The maximum Gasteiger partial charge on any atom is 0.131 e. The summed E-state index contributed by atoms with van der Waals surface area (Å²) in [6.07, 6.45) is 0. The van der Waals surface area contributed by atoms with Gasteiger partial charge in [-0.3, -0.25) is 0 Å². The van der Waals surface area contributed by atoms with Crippen LogP contribution in [0.5, 0.6) is 0 Å². The Morgan fingerprint density at radius 2 is 1.83 bits per heavy atom. The van der Waals surface area contributed by atoms with E-state index in [2.05, 4.69) is 5.32 Å². The van der Waals surface area contributed by atoms with Gasteiger partial charge in [-0.25, -0.2) is 4.39 Å². The van der Waals surface area contributed by atoms with Crippen LogP contribution < -0.4 is 5.32 Å². The molecule has 0 fully saturated rings. The van der Waals surface area contributed by atoms with Crippen molar-refractivity contribution in [1.82, 2.24) is 5.32 Å². The zero-order chi connectivity index (χ0) is 13.1. The highest BCUT2D eigenvalue weighted by molar-refractivity contribution is 5.69. The second kappa shape index (κ2) is 5.32. The molecular formula is C16H18FN. The Bertz CT molecular complexity index is 561. The summed E-state index contributed by atoms with van der Waals surface area (Å²) in [7, 11) is 1.86. The van der Waals surface area contributed by atoms with Crippen molar-refractivity contribution in [3.63, 3.8) is 0 Å². The Morgan fingerprint density at radius 3 is 2.50 bits per heavy atom. The fourth-order valence-electron chi connectivity index (χ4n) is 2.13. The molecule has 0 spiro atoms. The zero-order valence-corrected chi connectivity index (χ0v) is 11.0. The second-order valence-corrected chi connectivity index (χ2v) is 4.59. The number of benzene rings is 2. The lowest BCUT2D eigenvalue weighted by atomic mass is 9.96. The average Bonchev–Trinajstić information content (AvgIpc) is 2.34. The summed E-state index contributed by atoms with van der Waals surface area (Å²) in [5.74, 6) is -0.156. The molecule has 1 nitrogen and oxygen atoms in total. The summed E-state index contributed by atoms with van der Waals surface area (Å²) in [5, 5.41) is 3.02. The molecule has 0 saturated carbocycles. The number of hydrogen-bond acceptors (Lipinski definition) is 1. The van der Waals surface area contributed by atoms with Crippen LogP contribution in [0.4, 0.5) is 4.39 Å². The minimum atomic E-state index is -0.156. The molecular weight excluding hydrogens is 225 g/mol. The predicted molar refractivity (Wildman–Crippen MR) is 74.1 cm³/mol. The first-order valence-electron chi connectivity index (χ1n) is 6.13. The fourth-order valence-corrected chi connectivity index (χ4v) is 2.13. The number of nitrogens with one attached hydrogen (secondary N) is 1. The van der Waals surface area contributed by atoms with E-state index in [-0.39, 0.29) is 5.82 Å². The van der Waals surface area contributed by atoms with E-state index >= 15 is 0 Å². The van der Waals surface area contributed by atoms with Gasteiger partial charge in [-0.2, -0.15) is 0 Å². The Morgan fingerprint density at radius 1 is 1.06 bits per heavy atom. The molecule has 0 aliphatic carbocycles. The maximum absolute atomic E-state index is 14.1. The van der Waals surface area contributed by atoms with Crippen molar-refractivity contribution in [1.29, 1.82) is 0 Å². The summed E-state index contributed by atoms with van der Waals surface area (Å²) in [6, 6.07) is 11.4. The van der Waals surface area contributed by atoms with E-state index in [0.29, 0.717) is 12.1 Å². The van der Waals surface area contributed by atoms with E-state index < -0.39 is 0 Å². The first-order valence-corrected chi connectivity index (χ1v) is 6.13. The molecule has 2 aromatic rings. The molecule has 0 aliphatic rings. The minimum absolute atomic E-state index is 0.156. The summed E-state index contributed by atoms with van der Waals surface area (Å²) < 4.78 is 14.1. The van der Waals surface area contributed by atoms with Crippen molar-refractivity contribution in [2.45, 2.75) is 20.4 Å². The van der Waals surface area contributed by atoms with E-state index in [4.69, 9.17) is 0 Å². The lowest BCUT2D eigenvalue weighted by molar-refractivity contribution is 0.627. The number of aryl methyl sites for hydroxylation is 1.